The highest BCUT2D eigenvalue weighted by atomic mass is 16.3. The van der Waals surface area contributed by atoms with Crippen LogP contribution in [0.1, 0.15) is 9.60 Å². The van der Waals surface area contributed by atoms with Crippen LogP contribution < -0.4 is 0 Å². The van der Waals surface area contributed by atoms with E-state index < -0.39 is 12.1 Å². The van der Waals surface area contributed by atoms with Crippen molar-refractivity contribution in [1.29, 1.82) is 0 Å². The van der Waals surface area contributed by atoms with Crippen LogP contribution in [-0.4, -0.2) is 24.5 Å². The summed E-state index contributed by atoms with van der Waals surface area (Å²) < 4.78 is 70.3. The van der Waals surface area contributed by atoms with Crippen molar-refractivity contribution in [1.82, 2.24) is 24.5 Å². The summed E-state index contributed by atoms with van der Waals surface area (Å²) in [6.45, 7) is 0. The van der Waals surface area contributed by atoms with Gasteiger partial charge in [0, 0.05) is 56.2 Å². The van der Waals surface area contributed by atoms with Crippen LogP contribution in [0.25, 0.3) is 117 Å². The lowest BCUT2D eigenvalue weighted by Gasteiger charge is -2.15. The van der Waals surface area contributed by atoms with Crippen molar-refractivity contribution in [2.45, 2.75) is 0 Å². The second kappa shape index (κ2) is 14.7. The molecule has 0 N–H and O–H groups in total. The molecular weight excluding hydrogens is 759 g/mol. The van der Waals surface area contributed by atoms with Gasteiger partial charge in [0.15, 0.2) is 17.5 Å². The summed E-state index contributed by atoms with van der Waals surface area (Å²) in [7, 11) is 0. The zero-order valence-electron chi connectivity index (χ0n) is 39.8. The van der Waals surface area contributed by atoms with Gasteiger partial charge in [-0.2, -0.15) is 0 Å². The van der Waals surface area contributed by atoms with E-state index in [1.807, 2.05) is 109 Å². The molecule has 0 aliphatic heterocycles. The van der Waals surface area contributed by atoms with Crippen molar-refractivity contribution in [2.24, 2.45) is 0 Å². The minimum absolute atomic E-state index is 0.0534. The Balaban J connectivity index is 1.06. The number of furan rings is 1. The largest absolute Gasteiger partial charge is 0.455 e. The Morgan fingerprint density at radius 3 is 1.90 bits per heavy atom. The van der Waals surface area contributed by atoms with Gasteiger partial charge in [-0.1, -0.05) is 145 Å². The number of benzene rings is 8. The van der Waals surface area contributed by atoms with Gasteiger partial charge in [-0.05, 0) is 82.4 Å². The summed E-state index contributed by atoms with van der Waals surface area (Å²) >= 11 is 0. The molecule has 0 aliphatic rings. The number of nitrogens with zero attached hydrogens (tertiary/aromatic N) is 5. The number of fused-ring (bicyclic) bond motifs is 6. The Kier molecular flexibility index (Phi) is 6.82. The minimum atomic E-state index is -0.473. The maximum atomic E-state index is 9.18. The average Bonchev–Trinajstić information content (AvgIpc) is 3.97. The molecule has 6 nitrogen and oxygen atoms in total. The molecule has 12 aromatic rings. The SMILES string of the molecule is [2H]c1cc([2H])c2c(c1[2H])c1c([2H])c([2H])c([2H])c([2H])c1n2-c1ccccc1-c1nc(-c2ccc(-c3ccncc3)cc2)nc(-c2cccc(-c3cccc4c3oc3ccc(-c5ccccc5)cc34)c2)n1. The highest BCUT2D eigenvalue weighted by Crippen LogP contribution is 2.40. The summed E-state index contributed by atoms with van der Waals surface area (Å²) in [4.78, 5) is 19.5. The number of aromatic nitrogens is 5. The molecule has 0 atom stereocenters. The van der Waals surface area contributed by atoms with E-state index in [-0.39, 0.29) is 57.8 Å². The molecule has 0 amide bonds. The maximum absolute atomic E-state index is 9.18. The molecule has 0 fully saturated rings. The van der Waals surface area contributed by atoms with Gasteiger partial charge >= 0.3 is 0 Å². The Morgan fingerprint density at radius 2 is 1.03 bits per heavy atom. The zero-order valence-corrected chi connectivity index (χ0v) is 32.8. The van der Waals surface area contributed by atoms with E-state index in [4.69, 9.17) is 27.6 Å². The predicted molar refractivity (Wildman–Crippen MR) is 252 cm³/mol. The zero-order chi connectivity index (χ0) is 47.1. The first-order chi connectivity index (χ1) is 33.6. The van der Waals surface area contributed by atoms with Gasteiger partial charge < -0.3 is 8.98 Å². The third-order valence-electron chi connectivity index (χ3n) is 11.3. The standard InChI is InChI=1S/C56H35N5O/c1-2-12-36(13-3-1)40-28-29-52-48(35-40)46-20-11-19-43(53(46)62-52)41-14-10-15-42(34-41)55-58-54(39-26-24-37(25-27-39)38-30-32-57-33-31-38)59-56(60-55)47-18-6-9-23-51(47)61-49-21-7-4-16-44(49)45-17-5-8-22-50(45)61/h1-35H/i4D,5D,7D,16D,17D,21D,22D. The van der Waals surface area contributed by atoms with Crippen LogP contribution in [0.15, 0.2) is 217 Å². The topological polar surface area (TPSA) is 69.6 Å². The van der Waals surface area contributed by atoms with E-state index in [0.29, 0.717) is 28.5 Å². The number of pyridine rings is 1. The highest BCUT2D eigenvalue weighted by molar-refractivity contribution is 6.11. The van der Waals surface area contributed by atoms with Crippen LogP contribution in [0.4, 0.5) is 0 Å². The minimum Gasteiger partial charge on any atom is -0.455 e. The lowest BCUT2D eigenvalue weighted by Crippen LogP contribution is -2.03. The van der Waals surface area contributed by atoms with Crippen LogP contribution in [0, 0.1) is 0 Å². The molecule has 290 valence electrons. The molecule has 0 spiro atoms. The maximum Gasteiger partial charge on any atom is 0.166 e. The number of para-hydroxylation sites is 4. The molecule has 6 heteroatoms. The first kappa shape index (κ1) is 28.9. The Bertz CT molecular complexity index is 4050. The van der Waals surface area contributed by atoms with Gasteiger partial charge in [-0.3, -0.25) is 4.98 Å². The summed E-state index contributed by atoms with van der Waals surface area (Å²) in [6, 6.07) is 48.7. The number of hydrogen-bond donors (Lipinski definition) is 0. The van der Waals surface area contributed by atoms with Crippen molar-refractivity contribution in [3.8, 4) is 73.2 Å². The van der Waals surface area contributed by atoms with Crippen LogP contribution in [0.3, 0.4) is 0 Å². The molecule has 0 saturated heterocycles. The smallest absolute Gasteiger partial charge is 0.166 e. The molecule has 0 aliphatic carbocycles. The van der Waals surface area contributed by atoms with E-state index in [9.17, 15) is 1.37 Å². The first-order valence-corrected chi connectivity index (χ1v) is 20.1. The fourth-order valence-corrected chi connectivity index (χ4v) is 8.34. The van der Waals surface area contributed by atoms with E-state index in [1.165, 1.54) is 6.07 Å². The van der Waals surface area contributed by atoms with Gasteiger partial charge in [-0.25, -0.2) is 15.0 Å². The Morgan fingerprint density at radius 1 is 0.403 bits per heavy atom. The van der Waals surface area contributed by atoms with Crippen LogP contribution in [0.2, 0.25) is 0 Å². The second-order valence-corrected chi connectivity index (χ2v) is 14.9. The molecule has 0 saturated carbocycles. The summed E-state index contributed by atoms with van der Waals surface area (Å²) in [5.74, 6) is 1.00. The van der Waals surface area contributed by atoms with Crippen LogP contribution >= 0.6 is 0 Å². The Labute approximate surface area is 366 Å². The molecule has 0 bridgehead atoms. The van der Waals surface area contributed by atoms with Crippen molar-refractivity contribution in [3.63, 3.8) is 0 Å². The fourth-order valence-electron chi connectivity index (χ4n) is 8.34. The van der Waals surface area contributed by atoms with E-state index >= 15 is 0 Å². The van der Waals surface area contributed by atoms with Crippen LogP contribution in [-0.2, 0) is 0 Å². The molecule has 0 radical (unpaired) electrons. The van der Waals surface area contributed by atoms with Crippen molar-refractivity contribution in [2.75, 3.05) is 0 Å². The molecule has 62 heavy (non-hydrogen) atoms. The molecule has 4 heterocycles. The second-order valence-electron chi connectivity index (χ2n) is 14.9. The van der Waals surface area contributed by atoms with Gasteiger partial charge in [0.1, 0.15) is 11.2 Å². The van der Waals surface area contributed by atoms with Crippen LogP contribution in [0.5, 0.6) is 0 Å². The monoisotopic (exact) mass is 800 g/mol. The lowest BCUT2D eigenvalue weighted by molar-refractivity contribution is 0.670. The number of rotatable bonds is 7. The fraction of sp³-hybridized carbons (Fsp3) is 0. The van der Waals surface area contributed by atoms with Gasteiger partial charge in [0.05, 0.1) is 26.3 Å². The van der Waals surface area contributed by atoms with E-state index in [0.717, 1.165) is 60.9 Å². The summed E-state index contributed by atoms with van der Waals surface area (Å²) in [5.41, 5.74) is 10.0. The molecule has 4 aromatic heterocycles. The normalized spacial score (nSPS) is 13.1. The van der Waals surface area contributed by atoms with Gasteiger partial charge in [0.25, 0.3) is 0 Å². The third-order valence-corrected chi connectivity index (χ3v) is 11.3. The van der Waals surface area contributed by atoms with Gasteiger partial charge in [0.2, 0.25) is 0 Å². The Hall–Kier alpha value is -8.48. The van der Waals surface area contributed by atoms with Crippen molar-refractivity contribution >= 4 is 43.7 Å². The van der Waals surface area contributed by atoms with E-state index in [1.54, 1.807) is 29.1 Å². The highest BCUT2D eigenvalue weighted by Gasteiger charge is 2.20. The third kappa shape index (κ3) is 6.04. The first-order valence-electron chi connectivity index (χ1n) is 23.6. The molecule has 12 rings (SSSR count). The molecular formula is C56H35N5O. The van der Waals surface area contributed by atoms with Gasteiger partial charge in [-0.15, -0.1) is 0 Å². The molecule has 8 aromatic carbocycles. The van der Waals surface area contributed by atoms with Crippen molar-refractivity contribution in [3.05, 3.63) is 212 Å². The quantitative estimate of drug-likeness (QED) is 0.161. The summed E-state index contributed by atoms with van der Waals surface area (Å²) in [5, 5.41) is 2.14. The summed E-state index contributed by atoms with van der Waals surface area (Å²) in [6.07, 6.45) is 3.50. The van der Waals surface area contributed by atoms with Crippen molar-refractivity contribution < 1.29 is 14.0 Å². The molecule has 0 unspecified atom stereocenters. The van der Waals surface area contributed by atoms with E-state index in [2.05, 4.69) is 35.3 Å². The lowest BCUT2D eigenvalue weighted by atomic mass is 9.99. The average molecular weight is 801 g/mol. The predicted octanol–water partition coefficient (Wildman–Crippen LogP) is 14.3. The number of hydrogen-bond acceptors (Lipinski definition) is 5.